The van der Waals surface area contributed by atoms with E-state index in [4.69, 9.17) is 0 Å². The Morgan fingerprint density at radius 2 is 1.87 bits per heavy atom. The van der Waals surface area contributed by atoms with E-state index in [9.17, 15) is 9.65 Å². The molecular weight excluding hydrogens is 379 g/mol. The maximum atomic E-state index is 14.3. The topological polar surface area (TPSA) is 70.1 Å². The molecule has 4 aromatic rings. The molecule has 2 aromatic carbocycles. The summed E-state index contributed by atoms with van der Waals surface area (Å²) in [5.41, 5.74) is 2.23. The summed E-state index contributed by atoms with van der Waals surface area (Å²) < 4.78 is 16.1. The lowest BCUT2D eigenvalue weighted by Gasteiger charge is -2.18. The smallest absolute Gasteiger partial charge is 0.256 e. The van der Waals surface area contributed by atoms with Gasteiger partial charge in [-0.3, -0.25) is 0 Å². The maximum Gasteiger partial charge on any atom is 0.256 e. The standard InChI is InChI=1S/C23H19FN6/c1-23(2,3)8-7-15-9-18(24)12-19(10-15)29(4)22-28-27-21-26-14-17-6-5-16(13-25)11-20(17)30(21)22/h5-6,9-12,14H,1-4H3. The van der Waals surface area contributed by atoms with Crippen molar-refractivity contribution in [3.8, 4) is 17.9 Å². The molecule has 0 radical (unpaired) electrons. The average molecular weight is 398 g/mol. The zero-order valence-corrected chi connectivity index (χ0v) is 17.1. The largest absolute Gasteiger partial charge is 0.313 e. The summed E-state index contributed by atoms with van der Waals surface area (Å²) in [7, 11) is 1.78. The first-order chi connectivity index (χ1) is 14.2. The molecule has 0 aliphatic rings. The van der Waals surface area contributed by atoms with E-state index in [1.54, 1.807) is 34.7 Å². The lowest BCUT2D eigenvalue weighted by molar-refractivity contribution is 0.571. The molecule has 0 spiro atoms. The zero-order valence-electron chi connectivity index (χ0n) is 17.1. The predicted molar refractivity (Wildman–Crippen MR) is 114 cm³/mol. The van der Waals surface area contributed by atoms with Crippen LogP contribution in [0.25, 0.3) is 16.7 Å². The fourth-order valence-corrected chi connectivity index (χ4v) is 3.04. The molecule has 30 heavy (non-hydrogen) atoms. The van der Waals surface area contributed by atoms with Gasteiger partial charge in [0.2, 0.25) is 5.95 Å². The van der Waals surface area contributed by atoms with Crippen LogP contribution >= 0.6 is 0 Å². The first-order valence-corrected chi connectivity index (χ1v) is 9.37. The van der Waals surface area contributed by atoms with Crippen molar-refractivity contribution in [2.45, 2.75) is 20.8 Å². The van der Waals surface area contributed by atoms with Crippen molar-refractivity contribution in [3.63, 3.8) is 0 Å². The number of hydrogen-bond donors (Lipinski definition) is 0. The van der Waals surface area contributed by atoms with Gasteiger partial charge < -0.3 is 4.90 Å². The summed E-state index contributed by atoms with van der Waals surface area (Å²) in [5, 5.41) is 18.5. The first-order valence-electron chi connectivity index (χ1n) is 9.37. The van der Waals surface area contributed by atoms with E-state index in [-0.39, 0.29) is 11.2 Å². The van der Waals surface area contributed by atoms with Crippen LogP contribution in [0.15, 0.2) is 42.6 Å². The summed E-state index contributed by atoms with van der Waals surface area (Å²) in [6.45, 7) is 6.01. The van der Waals surface area contributed by atoms with E-state index in [2.05, 4.69) is 33.1 Å². The fourth-order valence-electron chi connectivity index (χ4n) is 3.04. The molecule has 0 fully saturated rings. The number of hydrogen-bond acceptors (Lipinski definition) is 5. The number of benzene rings is 2. The zero-order chi connectivity index (χ0) is 21.5. The molecule has 148 valence electrons. The lowest BCUT2D eigenvalue weighted by Crippen LogP contribution is -2.14. The average Bonchev–Trinajstić information content (AvgIpc) is 3.15. The number of aromatic nitrogens is 4. The second-order valence-corrected chi connectivity index (χ2v) is 8.04. The van der Waals surface area contributed by atoms with Crippen LogP contribution in [-0.4, -0.2) is 26.6 Å². The van der Waals surface area contributed by atoms with Gasteiger partial charge >= 0.3 is 0 Å². The molecule has 0 aliphatic heterocycles. The molecule has 0 saturated heterocycles. The minimum absolute atomic E-state index is 0.190. The van der Waals surface area contributed by atoms with Gasteiger partial charge in [0.1, 0.15) is 5.82 Å². The molecule has 4 rings (SSSR count). The Labute approximate surface area is 173 Å². The third-order valence-corrected chi connectivity index (χ3v) is 4.50. The molecule has 0 N–H and O–H groups in total. The van der Waals surface area contributed by atoms with Crippen LogP contribution < -0.4 is 4.90 Å². The first kappa shape index (κ1) is 19.4. The Morgan fingerprint density at radius 1 is 1.07 bits per heavy atom. The Balaban J connectivity index is 1.87. The van der Waals surface area contributed by atoms with Gasteiger partial charge in [0.05, 0.1) is 17.1 Å². The molecule has 0 bridgehead atoms. The summed E-state index contributed by atoms with van der Waals surface area (Å²) in [5.74, 6) is 6.63. The highest BCUT2D eigenvalue weighted by atomic mass is 19.1. The van der Waals surface area contributed by atoms with Gasteiger partial charge in [0.15, 0.2) is 0 Å². The van der Waals surface area contributed by atoms with Gasteiger partial charge in [0.25, 0.3) is 5.78 Å². The van der Waals surface area contributed by atoms with Crippen molar-refractivity contribution in [3.05, 3.63) is 59.5 Å². The van der Waals surface area contributed by atoms with Crippen molar-refractivity contribution >= 4 is 28.3 Å². The SMILES string of the molecule is CN(c1cc(F)cc(C#CC(C)(C)C)c1)c1nnc2ncc3ccc(C#N)cc3n12. The Bertz CT molecular complexity index is 1380. The van der Waals surface area contributed by atoms with Crippen molar-refractivity contribution in [2.24, 2.45) is 5.41 Å². The second-order valence-electron chi connectivity index (χ2n) is 8.04. The summed E-state index contributed by atoms with van der Waals surface area (Å²) in [6.07, 6.45) is 1.69. The second kappa shape index (κ2) is 7.13. The van der Waals surface area contributed by atoms with Crippen LogP contribution in [0.5, 0.6) is 0 Å². The van der Waals surface area contributed by atoms with Crippen LogP contribution in [0.2, 0.25) is 0 Å². The molecule has 6 nitrogen and oxygen atoms in total. The molecule has 0 saturated carbocycles. The van der Waals surface area contributed by atoms with Crippen molar-refractivity contribution in [1.82, 2.24) is 19.6 Å². The molecule has 2 heterocycles. The van der Waals surface area contributed by atoms with Gasteiger partial charge in [-0.15, -0.1) is 10.2 Å². The molecule has 0 atom stereocenters. The van der Waals surface area contributed by atoms with E-state index < -0.39 is 0 Å². The number of nitrogens with zero attached hydrogens (tertiary/aromatic N) is 6. The van der Waals surface area contributed by atoms with Gasteiger partial charge in [0, 0.05) is 35.3 Å². The van der Waals surface area contributed by atoms with Crippen LogP contribution in [-0.2, 0) is 0 Å². The number of nitriles is 1. The van der Waals surface area contributed by atoms with Crippen LogP contribution in [0.3, 0.4) is 0 Å². The van der Waals surface area contributed by atoms with Crippen molar-refractivity contribution in [2.75, 3.05) is 11.9 Å². The Kier molecular flexibility index (Phi) is 4.60. The molecule has 7 heteroatoms. The minimum Gasteiger partial charge on any atom is -0.313 e. The van der Waals surface area contributed by atoms with Crippen LogP contribution in [0, 0.1) is 34.4 Å². The molecule has 2 aromatic heterocycles. The summed E-state index contributed by atoms with van der Waals surface area (Å²) in [4.78, 5) is 6.06. The van der Waals surface area contributed by atoms with Crippen molar-refractivity contribution in [1.29, 1.82) is 5.26 Å². The summed E-state index contributed by atoms with van der Waals surface area (Å²) >= 11 is 0. The van der Waals surface area contributed by atoms with Crippen LogP contribution in [0.4, 0.5) is 16.0 Å². The molecular formula is C23H19FN6. The normalized spacial score (nSPS) is 11.2. The van der Waals surface area contributed by atoms with Gasteiger partial charge in [-0.05, 0) is 51.1 Å². The lowest BCUT2D eigenvalue weighted by atomic mass is 9.97. The molecule has 0 unspecified atom stereocenters. The predicted octanol–water partition coefficient (Wildman–Crippen LogP) is 4.45. The molecule has 0 aliphatic carbocycles. The van der Waals surface area contributed by atoms with Crippen molar-refractivity contribution < 1.29 is 4.39 Å². The maximum absolute atomic E-state index is 14.3. The Morgan fingerprint density at radius 3 is 2.60 bits per heavy atom. The van der Waals surface area contributed by atoms with E-state index in [0.717, 1.165) is 10.9 Å². The third kappa shape index (κ3) is 3.66. The molecule has 0 amide bonds. The highest BCUT2D eigenvalue weighted by molar-refractivity contribution is 5.83. The van der Waals surface area contributed by atoms with E-state index in [0.29, 0.717) is 28.5 Å². The minimum atomic E-state index is -0.388. The van der Waals surface area contributed by atoms with E-state index in [1.807, 2.05) is 32.9 Å². The van der Waals surface area contributed by atoms with Gasteiger partial charge in [-0.25, -0.2) is 13.8 Å². The summed E-state index contributed by atoms with van der Waals surface area (Å²) in [6, 6.07) is 12.1. The fraction of sp³-hybridized carbons (Fsp3) is 0.217. The van der Waals surface area contributed by atoms with Gasteiger partial charge in [-0.2, -0.15) is 5.26 Å². The monoisotopic (exact) mass is 398 g/mol. The highest BCUT2D eigenvalue weighted by Gasteiger charge is 2.17. The highest BCUT2D eigenvalue weighted by Crippen LogP contribution is 2.27. The third-order valence-electron chi connectivity index (χ3n) is 4.50. The van der Waals surface area contributed by atoms with Gasteiger partial charge in [-0.1, -0.05) is 17.9 Å². The number of fused-ring (bicyclic) bond motifs is 3. The number of halogens is 1. The van der Waals surface area contributed by atoms with E-state index in [1.165, 1.54) is 12.1 Å². The van der Waals surface area contributed by atoms with E-state index >= 15 is 0 Å². The number of anilines is 2. The van der Waals surface area contributed by atoms with Crippen LogP contribution in [0.1, 0.15) is 31.9 Å². The number of rotatable bonds is 2. The quantitative estimate of drug-likeness (QED) is 0.467. The Hall–Kier alpha value is -3.97.